The number of carbonyl (C=O) groups is 1. The topological polar surface area (TPSA) is 43.8 Å². The summed E-state index contributed by atoms with van der Waals surface area (Å²) in [6, 6.07) is 0.430. The van der Waals surface area contributed by atoms with Gasteiger partial charge in [-0.1, -0.05) is 6.42 Å². The van der Waals surface area contributed by atoms with Gasteiger partial charge in [-0.05, 0) is 39.8 Å². The maximum atomic E-state index is 10.6. The molecule has 1 saturated heterocycles. The van der Waals surface area contributed by atoms with Crippen LogP contribution in [0.2, 0.25) is 0 Å². The molecule has 4 nitrogen and oxygen atoms in total. The van der Waals surface area contributed by atoms with Crippen LogP contribution in [0.3, 0.4) is 0 Å². The molecule has 0 aromatic rings. The SMILES string of the molecule is CC(C)N(CCC(=O)O)CCN1CCCCC1. The van der Waals surface area contributed by atoms with E-state index in [-0.39, 0.29) is 6.42 Å². The Morgan fingerprint density at radius 3 is 2.41 bits per heavy atom. The first-order valence-corrected chi connectivity index (χ1v) is 6.78. The molecule has 0 aromatic heterocycles. The Labute approximate surface area is 105 Å². The average molecular weight is 242 g/mol. The van der Waals surface area contributed by atoms with Crippen molar-refractivity contribution < 1.29 is 9.90 Å². The smallest absolute Gasteiger partial charge is 0.304 e. The molecule has 1 aliphatic rings. The fraction of sp³-hybridized carbons (Fsp3) is 0.923. The van der Waals surface area contributed by atoms with Crippen LogP contribution in [0.25, 0.3) is 0 Å². The van der Waals surface area contributed by atoms with Crippen LogP contribution < -0.4 is 0 Å². The van der Waals surface area contributed by atoms with Crippen molar-refractivity contribution in [1.29, 1.82) is 0 Å². The first-order chi connectivity index (χ1) is 8.09. The predicted octanol–water partition coefficient (Wildman–Crippen LogP) is 1.66. The van der Waals surface area contributed by atoms with Crippen LogP contribution >= 0.6 is 0 Å². The van der Waals surface area contributed by atoms with Crippen LogP contribution in [0.4, 0.5) is 0 Å². The van der Waals surface area contributed by atoms with E-state index in [0.717, 1.165) is 13.1 Å². The Hall–Kier alpha value is -0.610. The summed E-state index contributed by atoms with van der Waals surface area (Å²) in [7, 11) is 0. The first-order valence-electron chi connectivity index (χ1n) is 6.78. The number of carboxylic acid groups (broad SMARTS) is 1. The van der Waals surface area contributed by atoms with Crippen molar-refractivity contribution >= 4 is 5.97 Å². The van der Waals surface area contributed by atoms with E-state index in [4.69, 9.17) is 5.11 Å². The molecule has 0 aromatic carbocycles. The van der Waals surface area contributed by atoms with E-state index in [0.29, 0.717) is 12.6 Å². The second-order valence-electron chi connectivity index (χ2n) is 5.18. The summed E-state index contributed by atoms with van der Waals surface area (Å²) >= 11 is 0. The van der Waals surface area contributed by atoms with Crippen LogP contribution in [0.5, 0.6) is 0 Å². The van der Waals surface area contributed by atoms with Crippen molar-refractivity contribution in [2.45, 2.75) is 45.6 Å². The highest BCUT2D eigenvalue weighted by Crippen LogP contribution is 2.09. The van der Waals surface area contributed by atoms with E-state index in [2.05, 4.69) is 23.6 Å². The fourth-order valence-electron chi connectivity index (χ4n) is 2.32. The Morgan fingerprint density at radius 2 is 1.88 bits per heavy atom. The lowest BCUT2D eigenvalue weighted by atomic mass is 10.1. The molecule has 4 heteroatoms. The number of hydrogen-bond donors (Lipinski definition) is 1. The third-order valence-corrected chi connectivity index (χ3v) is 3.50. The number of piperidine rings is 1. The molecule has 0 unspecified atom stereocenters. The van der Waals surface area contributed by atoms with Gasteiger partial charge in [0.25, 0.3) is 0 Å². The largest absolute Gasteiger partial charge is 0.481 e. The van der Waals surface area contributed by atoms with Gasteiger partial charge >= 0.3 is 5.97 Å². The van der Waals surface area contributed by atoms with Gasteiger partial charge in [-0.25, -0.2) is 0 Å². The molecule has 0 amide bonds. The highest BCUT2D eigenvalue weighted by Gasteiger charge is 2.14. The van der Waals surface area contributed by atoms with Crippen LogP contribution in [0.1, 0.15) is 39.5 Å². The molecule has 0 saturated carbocycles. The van der Waals surface area contributed by atoms with E-state index >= 15 is 0 Å². The molecule has 0 spiro atoms. The zero-order chi connectivity index (χ0) is 12.7. The Morgan fingerprint density at radius 1 is 1.24 bits per heavy atom. The van der Waals surface area contributed by atoms with Gasteiger partial charge in [0.1, 0.15) is 0 Å². The fourth-order valence-corrected chi connectivity index (χ4v) is 2.32. The lowest BCUT2D eigenvalue weighted by Gasteiger charge is -2.31. The summed E-state index contributed by atoms with van der Waals surface area (Å²) in [4.78, 5) is 15.4. The number of carboxylic acids is 1. The third kappa shape index (κ3) is 6.03. The van der Waals surface area contributed by atoms with Crippen LogP contribution in [-0.4, -0.2) is 59.6 Å². The molecule has 1 heterocycles. The molecule has 1 fully saturated rings. The molecule has 17 heavy (non-hydrogen) atoms. The average Bonchev–Trinajstić information content (AvgIpc) is 2.29. The van der Waals surface area contributed by atoms with E-state index in [9.17, 15) is 4.79 Å². The van der Waals surface area contributed by atoms with E-state index in [1.165, 1.54) is 32.4 Å². The summed E-state index contributed by atoms with van der Waals surface area (Å²) in [6.07, 6.45) is 4.25. The molecule has 0 atom stereocenters. The molecule has 1 N–H and O–H groups in total. The predicted molar refractivity (Wildman–Crippen MR) is 69.3 cm³/mol. The lowest BCUT2D eigenvalue weighted by molar-refractivity contribution is -0.137. The normalized spacial score (nSPS) is 17.9. The Bertz CT molecular complexity index is 225. The van der Waals surface area contributed by atoms with Gasteiger partial charge < -0.3 is 10.0 Å². The minimum absolute atomic E-state index is 0.248. The molecule has 1 aliphatic heterocycles. The van der Waals surface area contributed by atoms with Gasteiger partial charge in [0, 0.05) is 25.7 Å². The van der Waals surface area contributed by atoms with Crippen LogP contribution in [0.15, 0.2) is 0 Å². The zero-order valence-electron chi connectivity index (χ0n) is 11.2. The van der Waals surface area contributed by atoms with Crippen molar-refractivity contribution in [3.8, 4) is 0 Å². The lowest BCUT2D eigenvalue weighted by Crippen LogP contribution is -2.41. The quantitative estimate of drug-likeness (QED) is 0.737. The second-order valence-corrected chi connectivity index (χ2v) is 5.18. The van der Waals surface area contributed by atoms with Crippen molar-refractivity contribution in [2.75, 3.05) is 32.7 Å². The molecule has 0 aliphatic carbocycles. The standard InChI is InChI=1S/C13H26N2O2/c1-12(2)15(9-6-13(16)17)11-10-14-7-4-3-5-8-14/h12H,3-11H2,1-2H3,(H,16,17). The number of hydrogen-bond acceptors (Lipinski definition) is 3. The van der Waals surface area contributed by atoms with Gasteiger partial charge in [-0.15, -0.1) is 0 Å². The molecular formula is C13H26N2O2. The summed E-state index contributed by atoms with van der Waals surface area (Å²) in [6.45, 7) is 9.44. The number of aliphatic carboxylic acids is 1. The third-order valence-electron chi connectivity index (χ3n) is 3.50. The van der Waals surface area contributed by atoms with Gasteiger partial charge in [-0.2, -0.15) is 0 Å². The minimum atomic E-state index is -0.700. The first kappa shape index (κ1) is 14.5. The van der Waals surface area contributed by atoms with Gasteiger partial charge in [0.2, 0.25) is 0 Å². The highest BCUT2D eigenvalue weighted by molar-refractivity contribution is 5.66. The molecule has 1 rings (SSSR count). The monoisotopic (exact) mass is 242 g/mol. The summed E-state index contributed by atoms with van der Waals surface area (Å²) < 4.78 is 0. The Kier molecular flexibility index (Phi) is 6.52. The van der Waals surface area contributed by atoms with Gasteiger partial charge in [-0.3, -0.25) is 9.69 Å². The summed E-state index contributed by atoms with van der Waals surface area (Å²) in [5.41, 5.74) is 0. The van der Waals surface area contributed by atoms with Crippen molar-refractivity contribution in [2.24, 2.45) is 0 Å². The highest BCUT2D eigenvalue weighted by atomic mass is 16.4. The maximum Gasteiger partial charge on any atom is 0.304 e. The number of likely N-dealkylation sites (tertiary alicyclic amines) is 1. The van der Waals surface area contributed by atoms with Crippen LogP contribution in [-0.2, 0) is 4.79 Å². The maximum absolute atomic E-state index is 10.6. The second kappa shape index (κ2) is 7.67. The number of nitrogens with zero attached hydrogens (tertiary/aromatic N) is 2. The minimum Gasteiger partial charge on any atom is -0.481 e. The van der Waals surface area contributed by atoms with Crippen molar-refractivity contribution in [1.82, 2.24) is 9.80 Å². The van der Waals surface area contributed by atoms with E-state index in [1.807, 2.05) is 0 Å². The molecular weight excluding hydrogens is 216 g/mol. The van der Waals surface area contributed by atoms with E-state index in [1.54, 1.807) is 0 Å². The Balaban J connectivity index is 2.25. The van der Waals surface area contributed by atoms with Gasteiger partial charge in [0.15, 0.2) is 0 Å². The zero-order valence-corrected chi connectivity index (χ0v) is 11.2. The summed E-state index contributed by atoms with van der Waals surface area (Å²) in [5.74, 6) is -0.700. The van der Waals surface area contributed by atoms with Crippen molar-refractivity contribution in [3.05, 3.63) is 0 Å². The van der Waals surface area contributed by atoms with E-state index < -0.39 is 5.97 Å². The summed E-state index contributed by atoms with van der Waals surface area (Å²) in [5, 5.41) is 8.72. The van der Waals surface area contributed by atoms with Crippen molar-refractivity contribution in [3.63, 3.8) is 0 Å². The molecule has 0 radical (unpaired) electrons. The molecule has 100 valence electrons. The van der Waals surface area contributed by atoms with Gasteiger partial charge in [0.05, 0.1) is 6.42 Å². The van der Waals surface area contributed by atoms with Crippen LogP contribution in [0, 0.1) is 0 Å². The molecule has 0 bridgehead atoms. The number of rotatable bonds is 7.